The molecule has 0 saturated carbocycles. The topological polar surface area (TPSA) is 86.0 Å². The Labute approximate surface area is 190 Å². The number of hydrogen-bond donors (Lipinski definition) is 2. The van der Waals surface area contributed by atoms with Crippen LogP contribution in [-0.2, 0) is 11.2 Å². The third-order valence-corrected chi connectivity index (χ3v) is 5.70. The molecule has 3 rings (SSSR count). The van der Waals surface area contributed by atoms with Crippen LogP contribution in [0.5, 0.6) is 11.6 Å². The van der Waals surface area contributed by atoms with Crippen molar-refractivity contribution in [2.75, 3.05) is 6.61 Å². The molecule has 0 radical (unpaired) electrons. The van der Waals surface area contributed by atoms with E-state index in [1.54, 1.807) is 6.08 Å². The van der Waals surface area contributed by atoms with Crippen molar-refractivity contribution in [1.82, 2.24) is 9.78 Å². The van der Waals surface area contributed by atoms with E-state index in [1.807, 2.05) is 49.7 Å². The van der Waals surface area contributed by atoms with Gasteiger partial charge in [-0.25, -0.2) is 0 Å². The minimum Gasteiger partial charge on any atom is -0.491 e. The Hall–Kier alpha value is -2.35. The van der Waals surface area contributed by atoms with E-state index in [0.717, 1.165) is 22.6 Å². The molecule has 2 aromatic rings. The Bertz CT molecular complexity index is 890. The number of aliphatic hydroxyl groups excluding tert-OH is 2. The fourth-order valence-corrected chi connectivity index (χ4v) is 4.04. The molecule has 2 heterocycles. The summed E-state index contributed by atoms with van der Waals surface area (Å²) in [6.07, 6.45) is 0.771. The van der Waals surface area contributed by atoms with E-state index >= 15 is 0 Å². The number of hydrogen-bond acceptors (Lipinski definition) is 6. The minimum atomic E-state index is -0.774. The predicted molar refractivity (Wildman–Crippen MR) is 123 cm³/mol. The second kappa shape index (κ2) is 10.5. The highest BCUT2D eigenvalue weighted by Gasteiger charge is 2.38. The van der Waals surface area contributed by atoms with Gasteiger partial charge in [0.1, 0.15) is 5.75 Å². The number of aromatic nitrogens is 2. The zero-order valence-electron chi connectivity index (χ0n) is 19.7. The number of nitrogens with zero attached hydrogens (tertiary/aromatic N) is 2. The number of ether oxygens (including phenoxy) is 3. The van der Waals surface area contributed by atoms with Gasteiger partial charge in [-0.3, -0.25) is 4.68 Å². The van der Waals surface area contributed by atoms with Gasteiger partial charge in [0, 0.05) is 30.1 Å². The summed E-state index contributed by atoms with van der Waals surface area (Å²) in [5, 5.41) is 24.7. The number of benzene rings is 1. The molecule has 2 N–H and O–H groups in total. The zero-order chi connectivity index (χ0) is 23.4. The molecule has 32 heavy (non-hydrogen) atoms. The van der Waals surface area contributed by atoms with Crippen LogP contribution in [-0.4, -0.2) is 51.2 Å². The molecule has 4 unspecified atom stereocenters. The first-order valence-electron chi connectivity index (χ1n) is 11.3. The second-order valence-corrected chi connectivity index (χ2v) is 8.94. The summed E-state index contributed by atoms with van der Waals surface area (Å²) in [5.74, 6) is 0.896. The first kappa shape index (κ1) is 24.3. The Kier molecular flexibility index (Phi) is 7.98. The molecule has 176 valence electrons. The molecule has 0 aliphatic carbocycles. The monoisotopic (exact) mass is 444 g/mol. The van der Waals surface area contributed by atoms with Crippen LogP contribution in [0.15, 0.2) is 36.9 Å². The van der Waals surface area contributed by atoms with E-state index < -0.39 is 24.4 Å². The first-order chi connectivity index (χ1) is 15.2. The minimum absolute atomic E-state index is 0.124. The summed E-state index contributed by atoms with van der Waals surface area (Å²) in [6.45, 7) is 13.8. The molecule has 1 aromatic carbocycles. The van der Waals surface area contributed by atoms with Gasteiger partial charge in [0.25, 0.3) is 0 Å². The van der Waals surface area contributed by atoms with Crippen LogP contribution in [0, 0.1) is 12.8 Å². The van der Waals surface area contributed by atoms with Crippen molar-refractivity contribution < 1.29 is 24.4 Å². The quantitative estimate of drug-likeness (QED) is 0.572. The molecule has 0 bridgehead atoms. The highest BCUT2D eigenvalue weighted by molar-refractivity contribution is 5.38. The van der Waals surface area contributed by atoms with Gasteiger partial charge in [0.05, 0.1) is 30.8 Å². The second-order valence-electron chi connectivity index (χ2n) is 8.94. The van der Waals surface area contributed by atoms with Crippen molar-refractivity contribution in [1.29, 1.82) is 0 Å². The van der Waals surface area contributed by atoms with E-state index in [0.29, 0.717) is 18.7 Å². The standard InChI is InChI=1S/C25H36N2O5/c1-7-21-23(29)13-20(14-28)31-25(21)32-24-22(17(6)27(26-24)15(2)3)12-18-8-10-19(11-9-18)30-16(4)5/h7-11,15-16,20-21,23,25,28-29H,1,12-14H2,2-6H3. The van der Waals surface area contributed by atoms with Crippen LogP contribution >= 0.6 is 0 Å². The van der Waals surface area contributed by atoms with E-state index in [9.17, 15) is 10.2 Å². The third kappa shape index (κ3) is 5.52. The third-order valence-electron chi connectivity index (χ3n) is 5.70. The van der Waals surface area contributed by atoms with Crippen LogP contribution in [0.25, 0.3) is 0 Å². The molecule has 7 heteroatoms. The van der Waals surface area contributed by atoms with E-state index in [-0.39, 0.29) is 18.8 Å². The lowest BCUT2D eigenvalue weighted by atomic mass is 9.93. The highest BCUT2D eigenvalue weighted by atomic mass is 16.7. The van der Waals surface area contributed by atoms with Crippen LogP contribution in [0.1, 0.15) is 57.0 Å². The molecule has 0 spiro atoms. The van der Waals surface area contributed by atoms with Crippen LogP contribution < -0.4 is 9.47 Å². The van der Waals surface area contributed by atoms with Gasteiger partial charge in [0.2, 0.25) is 12.2 Å². The van der Waals surface area contributed by atoms with Gasteiger partial charge < -0.3 is 24.4 Å². The lowest BCUT2D eigenvalue weighted by Crippen LogP contribution is -2.47. The summed E-state index contributed by atoms with van der Waals surface area (Å²) in [7, 11) is 0. The predicted octanol–water partition coefficient (Wildman–Crippen LogP) is 3.80. The SMILES string of the molecule is C=CC1C(O)CC(CO)OC1Oc1nn(C(C)C)c(C)c1Cc1ccc(OC(C)C)cc1. The Balaban J connectivity index is 1.89. The molecule has 1 aliphatic heterocycles. The lowest BCUT2D eigenvalue weighted by molar-refractivity contribution is -0.208. The number of rotatable bonds is 9. The Morgan fingerprint density at radius 1 is 1.25 bits per heavy atom. The first-order valence-corrected chi connectivity index (χ1v) is 11.3. The summed E-state index contributed by atoms with van der Waals surface area (Å²) >= 11 is 0. The average Bonchev–Trinajstić information content (AvgIpc) is 3.04. The van der Waals surface area contributed by atoms with Gasteiger partial charge in [-0.1, -0.05) is 18.2 Å². The van der Waals surface area contributed by atoms with Crippen LogP contribution in [0.3, 0.4) is 0 Å². The van der Waals surface area contributed by atoms with Crippen molar-refractivity contribution in [3.63, 3.8) is 0 Å². The van der Waals surface area contributed by atoms with Crippen LogP contribution in [0.2, 0.25) is 0 Å². The smallest absolute Gasteiger partial charge is 0.238 e. The molecule has 7 nitrogen and oxygen atoms in total. The van der Waals surface area contributed by atoms with Crippen molar-refractivity contribution in [3.8, 4) is 11.6 Å². The Morgan fingerprint density at radius 2 is 1.94 bits per heavy atom. The maximum atomic E-state index is 10.5. The largest absolute Gasteiger partial charge is 0.491 e. The zero-order valence-corrected chi connectivity index (χ0v) is 19.7. The molecule has 0 amide bonds. The lowest BCUT2D eigenvalue weighted by Gasteiger charge is -2.37. The van der Waals surface area contributed by atoms with Gasteiger partial charge in [0.15, 0.2) is 0 Å². The molecule has 1 aromatic heterocycles. The maximum Gasteiger partial charge on any atom is 0.238 e. The molecule has 1 fully saturated rings. The van der Waals surface area contributed by atoms with E-state index in [1.165, 1.54) is 0 Å². The summed E-state index contributed by atoms with van der Waals surface area (Å²) in [6, 6.07) is 8.19. The summed E-state index contributed by atoms with van der Waals surface area (Å²) in [4.78, 5) is 0. The normalized spacial score (nSPS) is 23.5. The molecule has 4 atom stereocenters. The van der Waals surface area contributed by atoms with Gasteiger partial charge in [-0.05, 0) is 52.3 Å². The summed E-state index contributed by atoms with van der Waals surface area (Å²) < 4.78 is 19.8. The van der Waals surface area contributed by atoms with Crippen molar-refractivity contribution in [3.05, 3.63) is 53.7 Å². The highest BCUT2D eigenvalue weighted by Crippen LogP contribution is 2.33. The fraction of sp³-hybridized carbons (Fsp3) is 0.560. The average molecular weight is 445 g/mol. The molecular weight excluding hydrogens is 408 g/mol. The Morgan fingerprint density at radius 3 is 2.50 bits per heavy atom. The molecule has 1 aliphatic rings. The fourth-order valence-electron chi connectivity index (χ4n) is 4.04. The van der Waals surface area contributed by atoms with Crippen LogP contribution in [0.4, 0.5) is 0 Å². The van der Waals surface area contributed by atoms with Gasteiger partial charge in [-0.15, -0.1) is 11.7 Å². The van der Waals surface area contributed by atoms with Gasteiger partial charge >= 0.3 is 0 Å². The van der Waals surface area contributed by atoms with E-state index in [2.05, 4.69) is 20.4 Å². The summed E-state index contributed by atoms with van der Waals surface area (Å²) in [5.41, 5.74) is 3.08. The van der Waals surface area contributed by atoms with Crippen molar-refractivity contribution >= 4 is 0 Å². The van der Waals surface area contributed by atoms with Crippen molar-refractivity contribution in [2.45, 2.75) is 78.1 Å². The maximum absolute atomic E-state index is 10.5. The molecule has 1 saturated heterocycles. The van der Waals surface area contributed by atoms with Crippen molar-refractivity contribution in [2.24, 2.45) is 5.92 Å². The van der Waals surface area contributed by atoms with E-state index in [4.69, 9.17) is 19.3 Å². The van der Waals surface area contributed by atoms with Gasteiger partial charge in [-0.2, -0.15) is 0 Å². The molecular formula is C25H36N2O5. The number of aliphatic hydroxyl groups is 2.